The molecule has 0 bridgehead atoms. The molecule has 0 amide bonds. The molecule has 144 valence electrons. The maximum atomic E-state index is 9.45. The van der Waals surface area contributed by atoms with Crippen molar-refractivity contribution in [2.24, 2.45) is 0 Å². The Morgan fingerprint density at radius 3 is 2.67 bits per heavy atom. The number of rotatable bonds is 10. The van der Waals surface area contributed by atoms with Gasteiger partial charge in [-0.2, -0.15) is 15.0 Å². The van der Waals surface area contributed by atoms with Crippen LogP contribution in [0, 0.1) is 0 Å². The van der Waals surface area contributed by atoms with Crippen molar-refractivity contribution in [1.29, 1.82) is 0 Å². The van der Waals surface area contributed by atoms with Crippen molar-refractivity contribution in [2.75, 3.05) is 23.8 Å². The number of aliphatic hydroxyl groups is 1. The number of aliphatic hydroxyl groups excluding tert-OH is 1. The van der Waals surface area contributed by atoms with E-state index in [9.17, 15) is 5.11 Å². The highest BCUT2D eigenvalue weighted by molar-refractivity contribution is 5.84. The van der Waals surface area contributed by atoms with Gasteiger partial charge in [-0.3, -0.25) is 0 Å². The predicted molar refractivity (Wildman–Crippen MR) is 106 cm³/mol. The maximum absolute atomic E-state index is 9.45. The first-order chi connectivity index (χ1) is 13.2. The number of hydrogen-bond acceptors (Lipinski definition) is 7. The molecule has 27 heavy (non-hydrogen) atoms. The van der Waals surface area contributed by atoms with Gasteiger partial charge in [0, 0.05) is 6.54 Å². The Morgan fingerprint density at radius 1 is 1.15 bits per heavy atom. The van der Waals surface area contributed by atoms with Gasteiger partial charge in [0.1, 0.15) is 5.52 Å². The average Bonchev–Trinajstić information content (AvgIpc) is 3.12. The van der Waals surface area contributed by atoms with Crippen molar-refractivity contribution in [1.82, 2.24) is 19.9 Å². The van der Waals surface area contributed by atoms with Gasteiger partial charge in [0.2, 0.25) is 5.95 Å². The Morgan fingerprint density at radius 2 is 1.96 bits per heavy atom. The molecule has 0 fully saturated rings. The van der Waals surface area contributed by atoms with Gasteiger partial charge in [0.15, 0.2) is 11.5 Å². The third kappa shape index (κ3) is 4.85. The summed E-state index contributed by atoms with van der Waals surface area (Å²) in [7, 11) is 0. The van der Waals surface area contributed by atoms with Crippen LogP contribution in [0.4, 0.5) is 11.8 Å². The molecule has 8 nitrogen and oxygen atoms in total. The topological polar surface area (TPSA) is 108 Å². The second-order valence-electron chi connectivity index (χ2n) is 6.26. The van der Waals surface area contributed by atoms with Crippen molar-refractivity contribution >= 4 is 22.9 Å². The molecular formula is C19H26N6O2. The number of benzene rings is 1. The zero-order valence-electron chi connectivity index (χ0n) is 15.7. The number of fused-ring (bicyclic) bond motifs is 1. The smallest absolute Gasteiger partial charge is 0.296 e. The van der Waals surface area contributed by atoms with Crippen LogP contribution in [0.5, 0.6) is 6.01 Å². The largest absolute Gasteiger partial charge is 0.465 e. The lowest BCUT2D eigenvalue weighted by molar-refractivity contribution is 0.271. The highest BCUT2D eigenvalue weighted by atomic mass is 16.5. The average molecular weight is 370 g/mol. The Bertz CT molecular complexity index is 848. The highest BCUT2D eigenvalue weighted by Gasteiger charge is 2.15. The van der Waals surface area contributed by atoms with Gasteiger partial charge < -0.3 is 25.5 Å². The van der Waals surface area contributed by atoms with Gasteiger partial charge in [0.25, 0.3) is 6.01 Å². The predicted octanol–water partition coefficient (Wildman–Crippen LogP) is 2.94. The fraction of sp³-hybridized carbons (Fsp3) is 0.421. The molecule has 0 aliphatic heterocycles. The second-order valence-corrected chi connectivity index (χ2v) is 6.26. The van der Waals surface area contributed by atoms with Crippen LogP contribution < -0.4 is 15.4 Å². The third-order valence-electron chi connectivity index (χ3n) is 4.12. The summed E-state index contributed by atoms with van der Waals surface area (Å²) in [5, 5.41) is 15.9. The SMILES string of the molecule is CCCOc1nc2nc(NC(CC)CO)nc(NCc3ccccc3)c2[nH]1. The van der Waals surface area contributed by atoms with E-state index in [1.54, 1.807) is 0 Å². The van der Waals surface area contributed by atoms with Crippen LogP contribution in [-0.4, -0.2) is 44.3 Å². The summed E-state index contributed by atoms with van der Waals surface area (Å²) < 4.78 is 5.60. The van der Waals surface area contributed by atoms with Gasteiger partial charge >= 0.3 is 0 Å². The minimum absolute atomic E-state index is 0.0100. The number of nitrogens with zero attached hydrogens (tertiary/aromatic N) is 3. The number of hydrogen-bond donors (Lipinski definition) is 4. The number of imidazole rings is 1. The molecule has 1 aromatic carbocycles. The first-order valence-corrected chi connectivity index (χ1v) is 9.29. The van der Waals surface area contributed by atoms with E-state index in [1.165, 1.54) is 0 Å². The van der Waals surface area contributed by atoms with Crippen LogP contribution in [0.15, 0.2) is 30.3 Å². The van der Waals surface area contributed by atoms with E-state index in [0.717, 1.165) is 18.4 Å². The lowest BCUT2D eigenvalue weighted by Crippen LogP contribution is -2.24. The second kappa shape index (κ2) is 9.18. The van der Waals surface area contributed by atoms with E-state index < -0.39 is 0 Å². The number of aromatic amines is 1. The standard InChI is InChI=1S/C19H26N6O2/c1-3-10-27-19-22-15-16(20-11-13-8-6-5-7-9-13)23-18(24-17(15)25-19)21-14(4-2)12-26/h5-9,14,26H,3-4,10-12H2,1-2H3,(H3,20,21,22,23,24,25). The van der Waals surface area contributed by atoms with E-state index in [2.05, 4.69) is 30.6 Å². The van der Waals surface area contributed by atoms with Crippen molar-refractivity contribution in [3.05, 3.63) is 35.9 Å². The molecule has 2 aromatic heterocycles. The third-order valence-corrected chi connectivity index (χ3v) is 4.12. The summed E-state index contributed by atoms with van der Waals surface area (Å²) >= 11 is 0. The normalized spacial score (nSPS) is 12.1. The zero-order valence-corrected chi connectivity index (χ0v) is 15.7. The first kappa shape index (κ1) is 18.9. The van der Waals surface area contributed by atoms with Crippen LogP contribution >= 0.6 is 0 Å². The summed E-state index contributed by atoms with van der Waals surface area (Å²) in [5.74, 6) is 1.06. The quantitative estimate of drug-likeness (QED) is 0.434. The Labute approximate surface area is 158 Å². The minimum Gasteiger partial charge on any atom is -0.465 e. The number of H-pyrrole nitrogens is 1. The number of ether oxygens (including phenoxy) is 1. The molecule has 0 radical (unpaired) electrons. The number of nitrogens with one attached hydrogen (secondary N) is 3. The number of anilines is 2. The maximum Gasteiger partial charge on any atom is 0.296 e. The van der Waals surface area contributed by atoms with Gasteiger partial charge in [-0.25, -0.2) is 0 Å². The zero-order chi connectivity index (χ0) is 19.1. The lowest BCUT2D eigenvalue weighted by Gasteiger charge is -2.15. The molecule has 0 spiro atoms. The number of aromatic nitrogens is 4. The fourth-order valence-electron chi connectivity index (χ4n) is 2.58. The van der Waals surface area contributed by atoms with Gasteiger partial charge in [-0.05, 0) is 18.4 Å². The molecule has 3 rings (SSSR count). The summed E-state index contributed by atoms with van der Waals surface area (Å²) in [5.41, 5.74) is 2.35. The van der Waals surface area contributed by atoms with Crippen LogP contribution in [0.2, 0.25) is 0 Å². The van der Waals surface area contributed by atoms with Crippen LogP contribution in [0.25, 0.3) is 11.2 Å². The first-order valence-electron chi connectivity index (χ1n) is 9.29. The summed E-state index contributed by atoms with van der Waals surface area (Å²) in [4.78, 5) is 16.6. The van der Waals surface area contributed by atoms with E-state index in [0.29, 0.717) is 42.1 Å². The lowest BCUT2D eigenvalue weighted by atomic mass is 10.2. The van der Waals surface area contributed by atoms with Crippen LogP contribution in [0.3, 0.4) is 0 Å². The summed E-state index contributed by atoms with van der Waals surface area (Å²) in [6, 6.07) is 10.4. The fourth-order valence-corrected chi connectivity index (χ4v) is 2.58. The van der Waals surface area contributed by atoms with Crippen molar-refractivity contribution in [2.45, 2.75) is 39.3 Å². The molecule has 0 saturated heterocycles. The monoisotopic (exact) mass is 370 g/mol. The molecule has 1 atom stereocenters. The Hall–Kier alpha value is -2.87. The molecule has 0 aliphatic rings. The van der Waals surface area contributed by atoms with E-state index in [4.69, 9.17) is 4.74 Å². The van der Waals surface area contributed by atoms with Gasteiger partial charge in [0.05, 0.1) is 19.3 Å². The van der Waals surface area contributed by atoms with Crippen LogP contribution in [-0.2, 0) is 6.54 Å². The molecule has 0 aliphatic carbocycles. The molecule has 8 heteroatoms. The molecule has 3 aromatic rings. The van der Waals surface area contributed by atoms with Gasteiger partial charge in [-0.15, -0.1) is 0 Å². The molecule has 1 unspecified atom stereocenters. The van der Waals surface area contributed by atoms with Crippen molar-refractivity contribution in [3.8, 4) is 6.01 Å². The van der Waals surface area contributed by atoms with E-state index >= 15 is 0 Å². The minimum atomic E-state index is -0.112. The molecular weight excluding hydrogens is 344 g/mol. The summed E-state index contributed by atoms with van der Waals surface area (Å²) in [6.07, 6.45) is 1.65. The van der Waals surface area contributed by atoms with Crippen molar-refractivity contribution in [3.63, 3.8) is 0 Å². The van der Waals surface area contributed by atoms with Gasteiger partial charge in [-0.1, -0.05) is 44.2 Å². The van der Waals surface area contributed by atoms with Crippen LogP contribution in [0.1, 0.15) is 32.3 Å². The Balaban J connectivity index is 1.89. The highest BCUT2D eigenvalue weighted by Crippen LogP contribution is 2.24. The molecule has 2 heterocycles. The van der Waals surface area contributed by atoms with Crippen molar-refractivity contribution < 1.29 is 9.84 Å². The summed E-state index contributed by atoms with van der Waals surface area (Å²) in [6.45, 7) is 5.24. The van der Waals surface area contributed by atoms with E-state index in [1.807, 2.05) is 44.2 Å². The molecule has 4 N–H and O–H groups in total. The Kier molecular flexibility index (Phi) is 6.43. The molecule has 0 saturated carbocycles. The van der Waals surface area contributed by atoms with E-state index in [-0.39, 0.29) is 12.6 Å².